The normalized spacial score (nSPS) is 17.0. The fourth-order valence-electron chi connectivity index (χ4n) is 0.249. The van der Waals surface area contributed by atoms with Crippen LogP contribution in [0.1, 0.15) is 0 Å². The second-order valence-corrected chi connectivity index (χ2v) is 0.979. The topological polar surface area (TPSA) is 18.5 Å². The molecular weight excluding hydrogens is 99.0 g/mol. The first-order chi connectivity index (χ1) is 3.39. The van der Waals surface area contributed by atoms with E-state index in [9.17, 15) is 4.39 Å². The van der Waals surface area contributed by atoms with Crippen molar-refractivity contribution in [3.05, 3.63) is 24.4 Å². The second-order valence-electron chi connectivity index (χ2n) is 0.979. The van der Waals surface area contributed by atoms with E-state index in [1.165, 1.54) is 12.3 Å². The summed E-state index contributed by atoms with van der Waals surface area (Å²) in [5.41, 5.74) is 0. The minimum Gasteiger partial charge on any atom is -0.296 e. The maximum atomic E-state index is 11.6. The zero-order chi connectivity index (χ0) is 5.11. The highest BCUT2D eigenvalue weighted by atomic mass is 19.1. The Hall–Kier alpha value is -0.990. The van der Waals surface area contributed by atoms with Crippen molar-refractivity contribution in [3.63, 3.8) is 0 Å². The predicted molar refractivity (Wildman–Crippen MR) is 20.5 cm³/mol. The fraction of sp³-hybridized carbons (Fsp3) is 0. The Morgan fingerprint density at radius 3 is 2.71 bits per heavy atom. The van der Waals surface area contributed by atoms with E-state index < -0.39 is 6.01 Å². The van der Waals surface area contributed by atoms with Gasteiger partial charge in [-0.25, -0.2) is 0 Å². The number of allylic oxidation sites excluding steroid dienone is 2. The average Bonchev–Trinajstić information content (AvgIpc) is 1.69. The lowest BCUT2D eigenvalue weighted by Crippen LogP contribution is -1.86. The van der Waals surface area contributed by atoms with Gasteiger partial charge in [-0.15, -0.1) is 0 Å². The lowest BCUT2D eigenvalue weighted by molar-refractivity contribution is -0.233. The third-order valence-electron chi connectivity index (χ3n) is 0.489. The molecule has 0 fully saturated rings. The van der Waals surface area contributed by atoms with Gasteiger partial charge in [-0.05, 0) is 6.08 Å². The molecule has 3 heteroatoms. The summed E-state index contributed by atoms with van der Waals surface area (Å²) in [6, 6.07) is -0.720. The van der Waals surface area contributed by atoms with Crippen LogP contribution in [0.2, 0.25) is 0 Å². The lowest BCUT2D eigenvalue weighted by atomic mass is 10.6. The monoisotopic (exact) mass is 102 g/mol. The first-order valence-electron chi connectivity index (χ1n) is 1.75. The average molecular weight is 102 g/mol. The zero-order valence-electron chi connectivity index (χ0n) is 3.43. The fourth-order valence-corrected chi connectivity index (χ4v) is 0.249. The molecule has 0 saturated carbocycles. The van der Waals surface area contributed by atoms with Gasteiger partial charge in [0.25, 0.3) is 0 Å². The standard InChI is InChI=1S/C4H3FO2/c5-4-2-1-3-6-7-4/h1-3H. The molecule has 0 bridgehead atoms. The Kier molecular flexibility index (Phi) is 0.978. The molecule has 0 amide bonds. The molecule has 0 N–H and O–H groups in total. The van der Waals surface area contributed by atoms with Crippen LogP contribution in [-0.4, -0.2) is 0 Å². The summed E-state index contributed by atoms with van der Waals surface area (Å²) in [4.78, 5) is 7.94. The largest absolute Gasteiger partial charge is 0.324 e. The van der Waals surface area contributed by atoms with Gasteiger partial charge in [-0.1, -0.05) is 0 Å². The van der Waals surface area contributed by atoms with Gasteiger partial charge in [-0.3, -0.25) is 9.78 Å². The van der Waals surface area contributed by atoms with E-state index >= 15 is 0 Å². The zero-order valence-corrected chi connectivity index (χ0v) is 3.43. The smallest absolute Gasteiger partial charge is 0.296 e. The summed E-state index contributed by atoms with van der Waals surface area (Å²) in [6.07, 6.45) is 3.80. The Morgan fingerprint density at radius 2 is 2.43 bits per heavy atom. The van der Waals surface area contributed by atoms with E-state index in [-0.39, 0.29) is 0 Å². The van der Waals surface area contributed by atoms with Crippen LogP contribution >= 0.6 is 0 Å². The van der Waals surface area contributed by atoms with Crippen molar-refractivity contribution >= 4 is 0 Å². The number of hydrogen-bond acceptors (Lipinski definition) is 2. The van der Waals surface area contributed by atoms with E-state index in [0.717, 1.165) is 6.08 Å². The summed E-state index contributed by atoms with van der Waals surface area (Å²) < 4.78 is 11.6. The van der Waals surface area contributed by atoms with Gasteiger partial charge in [0, 0.05) is 6.08 Å². The third-order valence-corrected chi connectivity index (χ3v) is 0.489. The molecule has 0 radical (unpaired) electrons. The van der Waals surface area contributed by atoms with Crippen molar-refractivity contribution in [1.29, 1.82) is 0 Å². The second kappa shape index (κ2) is 1.64. The van der Waals surface area contributed by atoms with E-state index in [4.69, 9.17) is 0 Å². The number of hydrogen-bond donors (Lipinski definition) is 0. The highest BCUT2D eigenvalue weighted by Gasteiger charge is 1.94. The maximum Gasteiger partial charge on any atom is 0.324 e. The van der Waals surface area contributed by atoms with Crippen molar-refractivity contribution in [1.82, 2.24) is 0 Å². The lowest BCUT2D eigenvalue weighted by Gasteiger charge is -1.98. The molecule has 0 atom stereocenters. The molecule has 0 aromatic heterocycles. The summed E-state index contributed by atoms with van der Waals surface area (Å²) >= 11 is 0. The molecular formula is C4H3FO2. The van der Waals surface area contributed by atoms with Crippen molar-refractivity contribution in [3.8, 4) is 0 Å². The summed E-state index contributed by atoms with van der Waals surface area (Å²) in [5, 5.41) is 0. The molecule has 0 aromatic carbocycles. The minimum atomic E-state index is -0.720. The molecule has 0 spiro atoms. The molecule has 7 heavy (non-hydrogen) atoms. The highest BCUT2D eigenvalue weighted by molar-refractivity contribution is 5.01. The van der Waals surface area contributed by atoms with Crippen LogP contribution in [0, 0.1) is 0 Å². The molecule has 38 valence electrons. The van der Waals surface area contributed by atoms with E-state index in [2.05, 4.69) is 9.78 Å². The van der Waals surface area contributed by atoms with Crippen molar-refractivity contribution in [2.75, 3.05) is 0 Å². The van der Waals surface area contributed by atoms with Gasteiger partial charge in [0.05, 0.1) is 0 Å². The molecule has 1 aliphatic rings. The third kappa shape index (κ3) is 0.924. The van der Waals surface area contributed by atoms with Crippen LogP contribution in [0.3, 0.4) is 0 Å². The van der Waals surface area contributed by atoms with Crippen molar-refractivity contribution < 1.29 is 14.2 Å². The van der Waals surface area contributed by atoms with Crippen LogP contribution < -0.4 is 0 Å². The molecule has 0 unspecified atom stereocenters. The van der Waals surface area contributed by atoms with E-state index in [1.54, 1.807) is 0 Å². The molecule has 0 saturated heterocycles. The van der Waals surface area contributed by atoms with Crippen molar-refractivity contribution in [2.24, 2.45) is 0 Å². The predicted octanol–water partition coefficient (Wildman–Crippen LogP) is 1.27. The van der Waals surface area contributed by atoms with E-state index in [1.807, 2.05) is 0 Å². The van der Waals surface area contributed by atoms with Crippen LogP contribution in [0.15, 0.2) is 24.4 Å². The first-order valence-corrected chi connectivity index (χ1v) is 1.75. The number of halogens is 1. The molecule has 0 aromatic rings. The molecule has 1 rings (SSSR count). The summed E-state index contributed by atoms with van der Waals surface area (Å²) in [7, 11) is 0. The SMILES string of the molecule is FC1=CC=COO1. The molecule has 1 heterocycles. The van der Waals surface area contributed by atoms with Gasteiger partial charge in [0.2, 0.25) is 0 Å². The number of rotatable bonds is 0. The minimum absolute atomic E-state index is 0.720. The van der Waals surface area contributed by atoms with E-state index in [0.29, 0.717) is 0 Å². The van der Waals surface area contributed by atoms with Gasteiger partial charge in [0.15, 0.2) is 0 Å². The summed E-state index contributed by atoms with van der Waals surface area (Å²) in [6.45, 7) is 0. The Labute approximate surface area is 39.8 Å². The maximum absolute atomic E-state index is 11.6. The van der Waals surface area contributed by atoms with Gasteiger partial charge < -0.3 is 0 Å². The van der Waals surface area contributed by atoms with Crippen LogP contribution in [0.4, 0.5) is 4.39 Å². The van der Waals surface area contributed by atoms with Crippen LogP contribution in [0.25, 0.3) is 0 Å². The molecule has 0 aliphatic carbocycles. The van der Waals surface area contributed by atoms with Crippen molar-refractivity contribution in [2.45, 2.75) is 0 Å². The highest BCUT2D eigenvalue weighted by Crippen LogP contribution is 2.04. The Balaban J connectivity index is 2.57. The summed E-state index contributed by atoms with van der Waals surface area (Å²) in [5.74, 6) is 0. The van der Waals surface area contributed by atoms with Gasteiger partial charge in [0.1, 0.15) is 6.26 Å². The van der Waals surface area contributed by atoms with Gasteiger partial charge >= 0.3 is 6.01 Å². The quantitative estimate of drug-likeness (QED) is 0.429. The van der Waals surface area contributed by atoms with Crippen LogP contribution in [0.5, 0.6) is 0 Å². The Bertz CT molecular complexity index is 117. The Morgan fingerprint density at radius 1 is 1.57 bits per heavy atom. The van der Waals surface area contributed by atoms with Gasteiger partial charge in [-0.2, -0.15) is 4.39 Å². The van der Waals surface area contributed by atoms with Crippen LogP contribution in [-0.2, 0) is 9.78 Å². The molecule has 1 aliphatic heterocycles. The first kappa shape index (κ1) is 4.18. The molecule has 2 nitrogen and oxygen atoms in total.